The van der Waals surface area contributed by atoms with Gasteiger partial charge >= 0.3 is 5.97 Å². The maximum Gasteiger partial charge on any atom is 0.375 e. The molecule has 0 fully saturated rings. The highest BCUT2D eigenvalue weighted by atomic mass is 16.6. The number of benzene rings is 2. The number of hydrogen-bond donors (Lipinski definition) is 1. The molecule has 1 N–H and O–H groups in total. The molecule has 3 rings (SSSR count). The summed E-state index contributed by atoms with van der Waals surface area (Å²) in [5.74, 6) is -0.875. The van der Waals surface area contributed by atoms with Gasteiger partial charge in [-0.05, 0) is 43.7 Å². The Morgan fingerprint density at radius 1 is 1.10 bits per heavy atom. The summed E-state index contributed by atoms with van der Waals surface area (Å²) >= 11 is 0. The molecule has 1 atom stereocenters. The number of aryl methyl sites for hydroxylation is 1. The molecular formula is C22H21NO6. The van der Waals surface area contributed by atoms with Crippen molar-refractivity contribution in [2.45, 2.75) is 26.5 Å². The van der Waals surface area contributed by atoms with Crippen molar-refractivity contribution in [3.8, 4) is 5.75 Å². The van der Waals surface area contributed by atoms with Crippen LogP contribution in [0.4, 0.5) is 0 Å². The minimum absolute atomic E-state index is 0.249. The van der Waals surface area contributed by atoms with Crippen molar-refractivity contribution in [3.05, 3.63) is 75.6 Å². The van der Waals surface area contributed by atoms with Crippen LogP contribution in [0, 0.1) is 6.92 Å². The molecule has 0 saturated heterocycles. The zero-order valence-electron chi connectivity index (χ0n) is 16.4. The van der Waals surface area contributed by atoms with Crippen LogP contribution < -0.4 is 15.5 Å². The second kappa shape index (κ2) is 8.60. The largest absolute Gasteiger partial charge is 0.497 e. The first-order valence-electron chi connectivity index (χ1n) is 9.03. The fourth-order valence-corrected chi connectivity index (χ4v) is 2.72. The number of amides is 1. The smallest absolute Gasteiger partial charge is 0.375 e. The van der Waals surface area contributed by atoms with Crippen LogP contribution in [0.1, 0.15) is 28.6 Å². The minimum atomic E-state index is -1.06. The van der Waals surface area contributed by atoms with E-state index in [1.807, 2.05) is 19.1 Å². The van der Waals surface area contributed by atoms with E-state index in [9.17, 15) is 14.4 Å². The first-order valence-corrected chi connectivity index (χ1v) is 9.03. The van der Waals surface area contributed by atoms with Gasteiger partial charge in [0.15, 0.2) is 11.5 Å². The fraction of sp³-hybridized carbons (Fsp3) is 0.227. The third kappa shape index (κ3) is 4.82. The van der Waals surface area contributed by atoms with Crippen molar-refractivity contribution in [1.29, 1.82) is 0 Å². The summed E-state index contributed by atoms with van der Waals surface area (Å²) in [5.41, 5.74) is 1.71. The Hall–Kier alpha value is -3.61. The molecule has 1 heterocycles. The average molecular weight is 395 g/mol. The SMILES string of the molecule is COc1ccc(CNC(=O)[C@H](C)OC(=O)c2cc(=O)c3cc(C)ccc3o2)cc1. The predicted molar refractivity (Wildman–Crippen MR) is 107 cm³/mol. The van der Waals surface area contributed by atoms with Gasteiger partial charge in [-0.2, -0.15) is 0 Å². The van der Waals surface area contributed by atoms with E-state index >= 15 is 0 Å². The molecule has 7 heteroatoms. The molecule has 0 unspecified atom stereocenters. The van der Waals surface area contributed by atoms with Crippen molar-refractivity contribution in [2.24, 2.45) is 0 Å². The third-order valence-corrected chi connectivity index (χ3v) is 4.36. The molecule has 0 aliphatic rings. The Labute approximate surface area is 167 Å². The van der Waals surface area contributed by atoms with Crippen molar-refractivity contribution in [2.75, 3.05) is 7.11 Å². The van der Waals surface area contributed by atoms with Gasteiger partial charge in [0.05, 0.1) is 12.5 Å². The standard InChI is InChI=1S/C22H21NO6/c1-13-4-9-19-17(10-13)18(24)11-20(29-19)22(26)28-14(2)21(25)23-12-15-5-7-16(27-3)8-6-15/h4-11,14H,12H2,1-3H3,(H,23,25)/t14-/m0/s1. The van der Waals surface area contributed by atoms with E-state index in [1.54, 1.807) is 37.4 Å². The van der Waals surface area contributed by atoms with Gasteiger partial charge in [0, 0.05) is 12.6 Å². The quantitative estimate of drug-likeness (QED) is 0.645. The molecule has 1 aromatic heterocycles. The molecule has 0 aliphatic carbocycles. The number of nitrogens with one attached hydrogen (secondary N) is 1. The fourth-order valence-electron chi connectivity index (χ4n) is 2.72. The Bertz CT molecular complexity index is 1100. The van der Waals surface area contributed by atoms with Gasteiger partial charge in [0.2, 0.25) is 5.76 Å². The van der Waals surface area contributed by atoms with Crippen LogP contribution in [0.3, 0.4) is 0 Å². The molecule has 0 spiro atoms. The first-order chi connectivity index (χ1) is 13.9. The van der Waals surface area contributed by atoms with Gasteiger partial charge in [-0.15, -0.1) is 0 Å². The molecule has 29 heavy (non-hydrogen) atoms. The van der Waals surface area contributed by atoms with Crippen LogP contribution in [-0.4, -0.2) is 25.1 Å². The normalized spacial score (nSPS) is 11.7. The van der Waals surface area contributed by atoms with E-state index in [0.717, 1.165) is 22.9 Å². The summed E-state index contributed by atoms with van der Waals surface area (Å²) < 4.78 is 15.7. The summed E-state index contributed by atoms with van der Waals surface area (Å²) in [6.45, 7) is 3.58. The number of fused-ring (bicyclic) bond motifs is 1. The molecule has 0 radical (unpaired) electrons. The Balaban J connectivity index is 1.63. The van der Waals surface area contributed by atoms with Crippen molar-refractivity contribution in [3.63, 3.8) is 0 Å². The zero-order chi connectivity index (χ0) is 21.0. The summed E-state index contributed by atoms with van der Waals surface area (Å²) in [7, 11) is 1.57. The number of methoxy groups -OCH3 is 1. The lowest BCUT2D eigenvalue weighted by atomic mass is 10.1. The summed E-state index contributed by atoms with van der Waals surface area (Å²) in [5, 5.41) is 3.07. The highest BCUT2D eigenvalue weighted by Crippen LogP contribution is 2.15. The first kappa shape index (κ1) is 20.1. The lowest BCUT2D eigenvalue weighted by molar-refractivity contribution is -0.129. The van der Waals surface area contributed by atoms with Gasteiger partial charge in [-0.25, -0.2) is 4.79 Å². The number of carbonyl (C=O) groups is 2. The van der Waals surface area contributed by atoms with E-state index in [4.69, 9.17) is 13.9 Å². The van der Waals surface area contributed by atoms with Crippen LogP contribution in [0.5, 0.6) is 5.75 Å². The van der Waals surface area contributed by atoms with Crippen LogP contribution >= 0.6 is 0 Å². The second-order valence-corrected chi connectivity index (χ2v) is 6.59. The summed E-state index contributed by atoms with van der Waals surface area (Å²) in [6.07, 6.45) is -1.06. The monoisotopic (exact) mass is 395 g/mol. The molecule has 150 valence electrons. The van der Waals surface area contributed by atoms with Gasteiger partial charge in [0.1, 0.15) is 11.3 Å². The molecule has 7 nitrogen and oxygen atoms in total. The Morgan fingerprint density at radius 2 is 1.83 bits per heavy atom. The van der Waals surface area contributed by atoms with E-state index < -0.39 is 18.0 Å². The maximum atomic E-state index is 12.3. The van der Waals surface area contributed by atoms with Crippen LogP contribution in [0.25, 0.3) is 11.0 Å². The van der Waals surface area contributed by atoms with Gasteiger partial charge < -0.3 is 19.2 Å². The summed E-state index contributed by atoms with van der Waals surface area (Å²) in [6, 6.07) is 13.4. The number of hydrogen-bond acceptors (Lipinski definition) is 6. The topological polar surface area (TPSA) is 94.8 Å². The lowest BCUT2D eigenvalue weighted by Crippen LogP contribution is -2.35. The highest BCUT2D eigenvalue weighted by Gasteiger charge is 2.21. The lowest BCUT2D eigenvalue weighted by Gasteiger charge is -2.13. The van der Waals surface area contributed by atoms with Crippen molar-refractivity contribution >= 4 is 22.8 Å². The van der Waals surface area contributed by atoms with Crippen molar-refractivity contribution < 1.29 is 23.5 Å². The number of esters is 1. The Morgan fingerprint density at radius 3 is 2.52 bits per heavy atom. The van der Waals surface area contributed by atoms with Gasteiger partial charge in [0.25, 0.3) is 5.91 Å². The molecule has 0 aliphatic heterocycles. The Kier molecular flexibility index (Phi) is 5.97. The van der Waals surface area contributed by atoms with Crippen LogP contribution in [0.2, 0.25) is 0 Å². The van der Waals surface area contributed by atoms with Crippen LogP contribution in [-0.2, 0) is 16.1 Å². The van der Waals surface area contributed by atoms with Crippen LogP contribution in [0.15, 0.2) is 57.7 Å². The number of ether oxygens (including phenoxy) is 2. The highest BCUT2D eigenvalue weighted by molar-refractivity contribution is 5.91. The van der Waals surface area contributed by atoms with Crippen molar-refractivity contribution in [1.82, 2.24) is 5.32 Å². The molecule has 2 aromatic carbocycles. The molecule has 0 saturated carbocycles. The van der Waals surface area contributed by atoms with Gasteiger partial charge in [-0.1, -0.05) is 23.8 Å². The van der Waals surface area contributed by atoms with E-state index in [1.165, 1.54) is 6.92 Å². The second-order valence-electron chi connectivity index (χ2n) is 6.59. The third-order valence-electron chi connectivity index (χ3n) is 4.36. The maximum absolute atomic E-state index is 12.3. The molecular weight excluding hydrogens is 374 g/mol. The number of carbonyl (C=O) groups excluding carboxylic acids is 2. The number of rotatable bonds is 6. The van der Waals surface area contributed by atoms with E-state index in [2.05, 4.69) is 5.32 Å². The minimum Gasteiger partial charge on any atom is -0.497 e. The van der Waals surface area contributed by atoms with E-state index in [-0.39, 0.29) is 23.3 Å². The van der Waals surface area contributed by atoms with E-state index in [0.29, 0.717) is 5.39 Å². The average Bonchev–Trinajstić information content (AvgIpc) is 2.72. The molecule has 0 bridgehead atoms. The molecule has 3 aromatic rings. The molecule has 1 amide bonds. The summed E-state index contributed by atoms with van der Waals surface area (Å²) in [4.78, 5) is 36.8. The zero-order valence-corrected chi connectivity index (χ0v) is 16.4. The predicted octanol–water partition coefficient (Wildman–Crippen LogP) is 2.97. The van der Waals surface area contributed by atoms with Gasteiger partial charge in [-0.3, -0.25) is 9.59 Å².